The average Bonchev–Trinajstić information content (AvgIpc) is 2.87. The molecule has 0 spiro atoms. The van der Waals surface area contributed by atoms with E-state index in [-0.39, 0.29) is 18.4 Å². The van der Waals surface area contributed by atoms with Gasteiger partial charge in [-0.05, 0) is 36.6 Å². The van der Waals surface area contributed by atoms with Gasteiger partial charge < -0.3 is 20.8 Å². The fourth-order valence-electron chi connectivity index (χ4n) is 3.42. The van der Waals surface area contributed by atoms with Gasteiger partial charge in [-0.3, -0.25) is 14.4 Å². The SMILES string of the molecule is CCCC(CNC(=O)c1ccccc1SSc1ccccc1C(=O)NC(C(=O)O)C(C)CC)C(=O)O. The highest BCUT2D eigenvalue weighted by Gasteiger charge is 2.27. The van der Waals surface area contributed by atoms with Crippen molar-refractivity contribution in [2.45, 2.75) is 55.9 Å². The van der Waals surface area contributed by atoms with Crippen molar-refractivity contribution in [3.05, 3.63) is 59.7 Å². The first-order chi connectivity index (χ1) is 17.2. The van der Waals surface area contributed by atoms with Crippen LogP contribution in [0, 0.1) is 11.8 Å². The normalized spacial score (nSPS) is 13.3. The zero-order chi connectivity index (χ0) is 26.7. The largest absolute Gasteiger partial charge is 0.481 e. The predicted molar refractivity (Wildman–Crippen MR) is 141 cm³/mol. The van der Waals surface area contributed by atoms with Crippen LogP contribution in [0.15, 0.2) is 58.3 Å². The summed E-state index contributed by atoms with van der Waals surface area (Å²) < 4.78 is 0. The fraction of sp³-hybridized carbons (Fsp3) is 0.385. The van der Waals surface area contributed by atoms with Gasteiger partial charge in [0.25, 0.3) is 11.8 Å². The van der Waals surface area contributed by atoms with Gasteiger partial charge >= 0.3 is 11.9 Å². The second-order valence-corrected chi connectivity index (χ2v) is 10.6. The van der Waals surface area contributed by atoms with Crippen molar-refractivity contribution in [1.82, 2.24) is 10.6 Å². The number of carboxylic acid groups (broad SMARTS) is 2. The maximum absolute atomic E-state index is 12.9. The van der Waals surface area contributed by atoms with E-state index in [1.54, 1.807) is 55.5 Å². The van der Waals surface area contributed by atoms with Crippen molar-refractivity contribution in [3.8, 4) is 0 Å². The first-order valence-electron chi connectivity index (χ1n) is 11.8. The highest BCUT2D eigenvalue weighted by Crippen LogP contribution is 2.40. The van der Waals surface area contributed by atoms with E-state index < -0.39 is 29.8 Å². The smallest absolute Gasteiger partial charge is 0.326 e. The molecule has 0 aliphatic rings. The summed E-state index contributed by atoms with van der Waals surface area (Å²) in [6.45, 7) is 5.58. The molecule has 0 saturated heterocycles. The maximum Gasteiger partial charge on any atom is 0.326 e. The van der Waals surface area contributed by atoms with Crippen LogP contribution in [0.5, 0.6) is 0 Å². The number of nitrogens with one attached hydrogen (secondary N) is 2. The summed E-state index contributed by atoms with van der Waals surface area (Å²) in [6.07, 6.45) is 1.78. The molecule has 10 heteroatoms. The molecule has 3 atom stereocenters. The Bertz CT molecular complexity index is 1080. The van der Waals surface area contributed by atoms with Crippen LogP contribution in [-0.4, -0.2) is 46.6 Å². The van der Waals surface area contributed by atoms with E-state index in [2.05, 4.69) is 10.6 Å². The molecule has 2 rings (SSSR count). The second kappa shape index (κ2) is 14.5. The van der Waals surface area contributed by atoms with Gasteiger partial charge in [0, 0.05) is 16.3 Å². The lowest BCUT2D eigenvalue weighted by atomic mass is 9.99. The number of hydrogen-bond donors (Lipinski definition) is 4. The van der Waals surface area contributed by atoms with Crippen LogP contribution in [0.2, 0.25) is 0 Å². The Morgan fingerprint density at radius 2 is 1.36 bits per heavy atom. The van der Waals surface area contributed by atoms with Crippen molar-refractivity contribution in [2.24, 2.45) is 11.8 Å². The summed E-state index contributed by atoms with van der Waals surface area (Å²) >= 11 is 0. The molecule has 0 aliphatic heterocycles. The lowest BCUT2D eigenvalue weighted by Gasteiger charge is -2.20. The summed E-state index contributed by atoms with van der Waals surface area (Å²) in [7, 11) is 2.57. The molecule has 8 nitrogen and oxygen atoms in total. The monoisotopic (exact) mass is 532 g/mol. The minimum absolute atomic E-state index is 0.0398. The summed E-state index contributed by atoms with van der Waals surface area (Å²) in [5.74, 6) is -3.75. The number of benzene rings is 2. The summed E-state index contributed by atoms with van der Waals surface area (Å²) in [4.78, 5) is 50.1. The third-order valence-corrected chi connectivity index (χ3v) is 8.23. The van der Waals surface area contributed by atoms with Gasteiger partial charge in [-0.1, -0.05) is 79.5 Å². The number of aliphatic carboxylic acids is 2. The Morgan fingerprint density at radius 1 is 0.833 bits per heavy atom. The molecule has 0 heterocycles. The molecule has 0 aromatic heterocycles. The van der Waals surface area contributed by atoms with Crippen molar-refractivity contribution in [2.75, 3.05) is 6.54 Å². The van der Waals surface area contributed by atoms with Gasteiger partial charge in [-0.25, -0.2) is 4.79 Å². The van der Waals surface area contributed by atoms with Gasteiger partial charge in [0.05, 0.1) is 17.0 Å². The molecule has 0 fully saturated rings. The lowest BCUT2D eigenvalue weighted by molar-refractivity contribution is -0.142. The Kier molecular flexibility index (Phi) is 11.8. The molecule has 0 aliphatic carbocycles. The Balaban J connectivity index is 2.15. The van der Waals surface area contributed by atoms with Gasteiger partial charge in [-0.2, -0.15) is 0 Å². The molecule has 36 heavy (non-hydrogen) atoms. The fourth-order valence-corrected chi connectivity index (χ4v) is 5.78. The summed E-state index contributed by atoms with van der Waals surface area (Å²) in [6, 6.07) is 12.8. The van der Waals surface area contributed by atoms with Crippen LogP contribution in [0.1, 0.15) is 60.7 Å². The molecule has 3 unspecified atom stereocenters. The van der Waals surface area contributed by atoms with Crippen LogP contribution in [0.25, 0.3) is 0 Å². The molecule has 4 N–H and O–H groups in total. The predicted octanol–water partition coefficient (Wildman–Crippen LogP) is 4.95. The molecule has 0 radical (unpaired) electrons. The standard InChI is InChI=1S/C26H32N2O6S2/c1-4-10-17(25(31)32)15-27-23(29)18-11-6-8-13-20(18)35-36-21-14-9-7-12-19(21)24(30)28-22(26(33)34)16(3)5-2/h6-9,11-14,16-17,22H,4-5,10,15H2,1-3H3,(H,27,29)(H,28,30)(H,31,32)(H,33,34). The van der Waals surface area contributed by atoms with Gasteiger partial charge in [0.1, 0.15) is 6.04 Å². The highest BCUT2D eigenvalue weighted by atomic mass is 33.1. The quantitative estimate of drug-likeness (QED) is 0.251. The van der Waals surface area contributed by atoms with Crippen molar-refractivity contribution < 1.29 is 29.4 Å². The van der Waals surface area contributed by atoms with Crippen molar-refractivity contribution in [1.29, 1.82) is 0 Å². The number of hydrogen-bond acceptors (Lipinski definition) is 6. The third-order valence-electron chi connectivity index (χ3n) is 5.75. The van der Waals surface area contributed by atoms with E-state index in [1.165, 1.54) is 21.6 Å². The average molecular weight is 533 g/mol. The van der Waals surface area contributed by atoms with E-state index in [1.807, 2.05) is 13.8 Å². The lowest BCUT2D eigenvalue weighted by Crippen LogP contribution is -2.45. The molecule has 0 saturated carbocycles. The number of amides is 2. The topological polar surface area (TPSA) is 133 Å². The number of carboxylic acids is 2. The van der Waals surface area contributed by atoms with Gasteiger partial charge in [-0.15, -0.1) is 0 Å². The van der Waals surface area contributed by atoms with Crippen molar-refractivity contribution >= 4 is 45.3 Å². The molecule has 2 aromatic rings. The second-order valence-electron chi connectivity index (χ2n) is 8.37. The number of carbonyl (C=O) groups excluding carboxylic acids is 2. The van der Waals surface area contributed by atoms with Crippen molar-refractivity contribution in [3.63, 3.8) is 0 Å². The first kappa shape index (κ1) is 29.3. The molecule has 2 aromatic carbocycles. The molecule has 2 amide bonds. The van der Waals surface area contributed by atoms with Crippen LogP contribution >= 0.6 is 21.6 Å². The van der Waals surface area contributed by atoms with Gasteiger partial charge in [0.15, 0.2) is 0 Å². The molecule has 194 valence electrons. The number of carbonyl (C=O) groups is 4. The maximum atomic E-state index is 12.9. The van der Waals surface area contributed by atoms with Crippen LogP contribution in [-0.2, 0) is 9.59 Å². The summed E-state index contributed by atoms with van der Waals surface area (Å²) in [5, 5.41) is 24.2. The first-order valence-corrected chi connectivity index (χ1v) is 13.9. The van der Waals surface area contributed by atoms with E-state index in [4.69, 9.17) is 0 Å². The Labute approximate surface area is 219 Å². The Morgan fingerprint density at radius 3 is 1.83 bits per heavy atom. The van der Waals surface area contributed by atoms with E-state index in [0.717, 1.165) is 0 Å². The Hall–Kier alpha value is -2.98. The molecular formula is C26H32N2O6S2. The summed E-state index contributed by atoms with van der Waals surface area (Å²) in [5.41, 5.74) is 0.746. The zero-order valence-electron chi connectivity index (χ0n) is 20.5. The van der Waals surface area contributed by atoms with Crippen LogP contribution < -0.4 is 10.6 Å². The minimum atomic E-state index is -1.08. The third kappa shape index (κ3) is 8.30. The molecular weight excluding hydrogens is 500 g/mol. The van der Waals surface area contributed by atoms with E-state index in [9.17, 15) is 29.4 Å². The molecule has 0 bridgehead atoms. The van der Waals surface area contributed by atoms with Crippen LogP contribution in [0.4, 0.5) is 0 Å². The van der Waals surface area contributed by atoms with E-state index >= 15 is 0 Å². The number of rotatable bonds is 14. The van der Waals surface area contributed by atoms with E-state index in [0.29, 0.717) is 40.2 Å². The zero-order valence-corrected chi connectivity index (χ0v) is 22.2. The van der Waals surface area contributed by atoms with Gasteiger partial charge in [0.2, 0.25) is 0 Å². The van der Waals surface area contributed by atoms with Crippen LogP contribution in [0.3, 0.4) is 0 Å². The highest BCUT2D eigenvalue weighted by molar-refractivity contribution is 8.76. The minimum Gasteiger partial charge on any atom is -0.481 e.